The van der Waals surface area contributed by atoms with Crippen LogP contribution in [0.3, 0.4) is 0 Å². The maximum atomic E-state index is 9.93. The Labute approximate surface area is 135 Å². The molecule has 3 aliphatic carbocycles. The van der Waals surface area contributed by atoms with Gasteiger partial charge in [0.1, 0.15) is 0 Å². The lowest BCUT2D eigenvalue weighted by molar-refractivity contribution is -0.180. The minimum absolute atomic E-state index is 0.302. The lowest BCUT2D eigenvalue weighted by Crippen LogP contribution is -2.56. The van der Waals surface area contributed by atoms with Crippen molar-refractivity contribution in [2.75, 3.05) is 13.7 Å². The van der Waals surface area contributed by atoms with Crippen molar-refractivity contribution in [2.24, 2.45) is 23.7 Å². The summed E-state index contributed by atoms with van der Waals surface area (Å²) in [5, 5.41) is 9.93. The lowest BCUT2D eigenvalue weighted by atomic mass is 9.57. The van der Waals surface area contributed by atoms with Crippen LogP contribution < -0.4 is 0 Å². The van der Waals surface area contributed by atoms with Crippen molar-refractivity contribution >= 4 is 0 Å². The first-order chi connectivity index (χ1) is 10.8. The largest absolute Gasteiger partial charge is 0.391 e. The molecule has 3 fully saturated rings. The molecule has 22 heavy (non-hydrogen) atoms. The minimum Gasteiger partial charge on any atom is -0.391 e. The molecule has 0 saturated heterocycles. The van der Waals surface area contributed by atoms with Crippen molar-refractivity contribution in [3.63, 3.8) is 0 Å². The van der Waals surface area contributed by atoms with Crippen molar-refractivity contribution in [3.8, 4) is 0 Å². The second kappa shape index (κ2) is 7.63. The molecule has 0 amide bonds. The predicted octanol–water partition coefficient (Wildman–Crippen LogP) is 3.78. The van der Waals surface area contributed by atoms with Crippen LogP contribution in [0.15, 0.2) is 0 Å². The summed E-state index contributed by atoms with van der Waals surface area (Å²) >= 11 is 0. The standard InChI is InChI=1S/C19H34O3/c1-3-13(20)12-22-19-16-10-6-4-8-14(16)18(21-2)15-9-5-7-11-17(15)19/h13-20H,3-12H2,1-2H3. The Morgan fingerprint density at radius 1 is 0.864 bits per heavy atom. The number of fused-ring (bicyclic) bond motifs is 2. The van der Waals surface area contributed by atoms with Crippen LogP contribution in [0.1, 0.15) is 64.7 Å². The van der Waals surface area contributed by atoms with E-state index >= 15 is 0 Å². The molecule has 0 aromatic rings. The zero-order valence-electron chi connectivity index (χ0n) is 14.4. The molecule has 3 saturated carbocycles. The first-order valence-electron chi connectivity index (χ1n) is 9.58. The van der Waals surface area contributed by atoms with E-state index in [1.165, 1.54) is 51.4 Å². The lowest BCUT2D eigenvalue weighted by Gasteiger charge is -2.54. The smallest absolute Gasteiger partial charge is 0.0771 e. The zero-order valence-corrected chi connectivity index (χ0v) is 14.4. The second-order valence-electron chi connectivity index (χ2n) is 7.78. The van der Waals surface area contributed by atoms with Crippen LogP contribution in [0.25, 0.3) is 0 Å². The van der Waals surface area contributed by atoms with Gasteiger partial charge in [0.2, 0.25) is 0 Å². The Morgan fingerprint density at radius 3 is 1.73 bits per heavy atom. The Morgan fingerprint density at radius 2 is 1.32 bits per heavy atom. The molecule has 3 nitrogen and oxygen atoms in total. The molecular formula is C19H34O3. The zero-order chi connectivity index (χ0) is 15.5. The molecule has 0 aromatic carbocycles. The molecule has 5 atom stereocenters. The fourth-order valence-electron chi connectivity index (χ4n) is 5.58. The summed E-state index contributed by atoms with van der Waals surface area (Å²) < 4.78 is 12.4. The molecule has 3 heteroatoms. The van der Waals surface area contributed by atoms with E-state index in [4.69, 9.17) is 9.47 Å². The topological polar surface area (TPSA) is 38.7 Å². The summed E-state index contributed by atoms with van der Waals surface area (Å²) in [6.07, 6.45) is 11.9. The van der Waals surface area contributed by atoms with Gasteiger partial charge in [0.25, 0.3) is 0 Å². The van der Waals surface area contributed by atoms with Gasteiger partial charge < -0.3 is 14.6 Å². The highest BCUT2D eigenvalue weighted by atomic mass is 16.5. The van der Waals surface area contributed by atoms with Gasteiger partial charge >= 0.3 is 0 Å². The normalized spacial score (nSPS) is 43.2. The maximum Gasteiger partial charge on any atom is 0.0771 e. The van der Waals surface area contributed by atoms with Gasteiger partial charge in [0.05, 0.1) is 24.9 Å². The monoisotopic (exact) mass is 310 g/mol. The first-order valence-corrected chi connectivity index (χ1v) is 9.58. The number of aliphatic hydroxyl groups is 1. The van der Waals surface area contributed by atoms with E-state index < -0.39 is 0 Å². The van der Waals surface area contributed by atoms with Gasteiger partial charge in [-0.05, 0) is 55.8 Å². The van der Waals surface area contributed by atoms with Gasteiger partial charge in [-0.2, -0.15) is 0 Å². The summed E-state index contributed by atoms with van der Waals surface area (Å²) in [7, 11) is 1.92. The third-order valence-electron chi connectivity index (χ3n) is 6.66. The highest BCUT2D eigenvalue weighted by Gasteiger charge is 2.51. The van der Waals surface area contributed by atoms with Crippen molar-refractivity contribution in [1.82, 2.24) is 0 Å². The molecule has 3 rings (SSSR count). The van der Waals surface area contributed by atoms with Crippen LogP contribution in [0.5, 0.6) is 0 Å². The minimum atomic E-state index is -0.302. The summed E-state index contributed by atoms with van der Waals surface area (Å²) in [4.78, 5) is 0. The van der Waals surface area contributed by atoms with Gasteiger partial charge in [0, 0.05) is 7.11 Å². The van der Waals surface area contributed by atoms with Gasteiger partial charge in [-0.1, -0.05) is 32.6 Å². The molecular weight excluding hydrogens is 276 g/mol. The second-order valence-corrected chi connectivity index (χ2v) is 7.78. The molecule has 1 N–H and O–H groups in total. The van der Waals surface area contributed by atoms with Crippen molar-refractivity contribution in [1.29, 1.82) is 0 Å². The molecule has 5 unspecified atom stereocenters. The van der Waals surface area contributed by atoms with Crippen molar-refractivity contribution in [2.45, 2.75) is 83.0 Å². The number of rotatable bonds is 5. The number of ether oxygens (including phenoxy) is 2. The van der Waals surface area contributed by atoms with E-state index in [1.807, 2.05) is 14.0 Å². The van der Waals surface area contributed by atoms with Crippen molar-refractivity contribution in [3.05, 3.63) is 0 Å². The van der Waals surface area contributed by atoms with Gasteiger partial charge in [-0.25, -0.2) is 0 Å². The SMILES string of the molecule is CCC(O)COC1C2CCCCC2C(OC)C2CCCCC21. The van der Waals surface area contributed by atoms with Crippen LogP contribution in [-0.2, 0) is 9.47 Å². The van der Waals surface area contributed by atoms with Crippen molar-refractivity contribution < 1.29 is 14.6 Å². The number of aliphatic hydroxyl groups excluding tert-OH is 1. The number of hydrogen-bond acceptors (Lipinski definition) is 3. The third-order valence-corrected chi connectivity index (χ3v) is 6.66. The van der Waals surface area contributed by atoms with Crippen LogP contribution in [0.2, 0.25) is 0 Å². The predicted molar refractivity (Wildman–Crippen MR) is 87.7 cm³/mol. The molecule has 3 aliphatic rings. The van der Waals surface area contributed by atoms with E-state index in [-0.39, 0.29) is 6.10 Å². The highest BCUT2D eigenvalue weighted by molar-refractivity contribution is 5.01. The third kappa shape index (κ3) is 3.22. The Bertz CT molecular complexity index is 322. The quantitative estimate of drug-likeness (QED) is 0.840. The van der Waals surface area contributed by atoms with Gasteiger partial charge in [-0.15, -0.1) is 0 Å². The summed E-state index contributed by atoms with van der Waals surface area (Å²) in [6, 6.07) is 0. The average Bonchev–Trinajstić information content (AvgIpc) is 2.58. The fourth-order valence-corrected chi connectivity index (χ4v) is 5.58. The fraction of sp³-hybridized carbons (Fsp3) is 1.00. The molecule has 128 valence electrons. The molecule has 0 radical (unpaired) electrons. The Hall–Kier alpha value is -0.120. The number of methoxy groups -OCH3 is 1. The molecule has 0 aromatic heterocycles. The average molecular weight is 310 g/mol. The first kappa shape index (κ1) is 16.7. The Balaban J connectivity index is 1.78. The molecule has 0 spiro atoms. The summed E-state index contributed by atoms with van der Waals surface area (Å²) in [5.41, 5.74) is 0. The molecule has 0 heterocycles. The van der Waals surface area contributed by atoms with Crippen LogP contribution in [0.4, 0.5) is 0 Å². The van der Waals surface area contributed by atoms with Gasteiger partial charge in [0.15, 0.2) is 0 Å². The van der Waals surface area contributed by atoms with Crippen LogP contribution in [0, 0.1) is 23.7 Å². The maximum absolute atomic E-state index is 9.93. The van der Waals surface area contributed by atoms with E-state index in [0.717, 1.165) is 6.42 Å². The molecule has 0 aliphatic heterocycles. The highest BCUT2D eigenvalue weighted by Crippen LogP contribution is 2.52. The summed E-state index contributed by atoms with van der Waals surface area (Å²) in [5.74, 6) is 2.67. The molecule has 0 bridgehead atoms. The van der Waals surface area contributed by atoms with Crippen LogP contribution >= 0.6 is 0 Å². The van der Waals surface area contributed by atoms with Gasteiger partial charge in [-0.3, -0.25) is 0 Å². The number of hydrogen-bond donors (Lipinski definition) is 1. The van der Waals surface area contributed by atoms with E-state index in [9.17, 15) is 5.11 Å². The van der Waals surface area contributed by atoms with E-state index in [1.54, 1.807) is 0 Å². The van der Waals surface area contributed by atoms with Crippen LogP contribution in [-0.4, -0.2) is 37.1 Å². The summed E-state index contributed by atoms with van der Waals surface area (Å²) in [6.45, 7) is 2.55. The Kier molecular flexibility index (Phi) is 5.80. The van der Waals surface area contributed by atoms with E-state index in [2.05, 4.69) is 0 Å². The van der Waals surface area contributed by atoms with E-state index in [0.29, 0.717) is 42.5 Å².